The van der Waals surface area contributed by atoms with Gasteiger partial charge >= 0.3 is 0 Å². The van der Waals surface area contributed by atoms with Crippen LogP contribution >= 0.6 is 15.9 Å². The minimum atomic E-state index is 0.273. The Morgan fingerprint density at radius 3 is 2.85 bits per heavy atom. The van der Waals surface area contributed by atoms with Gasteiger partial charge < -0.3 is 10.2 Å². The van der Waals surface area contributed by atoms with Crippen LogP contribution in [0.2, 0.25) is 0 Å². The van der Waals surface area contributed by atoms with Crippen molar-refractivity contribution in [2.45, 2.75) is 24.9 Å². The number of rotatable bonds is 2. The minimum Gasteiger partial charge on any atom is -0.496 e. The van der Waals surface area contributed by atoms with Crippen molar-refractivity contribution in [3.8, 4) is 5.75 Å². The maximum Gasteiger partial charge on any atom is 0.133 e. The van der Waals surface area contributed by atoms with Crippen molar-refractivity contribution in [2.75, 3.05) is 20.2 Å². The van der Waals surface area contributed by atoms with E-state index in [9.17, 15) is 0 Å². The molecule has 0 saturated carbocycles. The maximum absolute atomic E-state index is 5.31. The summed E-state index contributed by atoms with van der Waals surface area (Å²) in [6.07, 6.45) is 2.55. The second-order valence-corrected chi connectivity index (χ2v) is 6.65. The van der Waals surface area contributed by atoms with E-state index in [1.54, 1.807) is 7.11 Å². The number of hydrazone groups is 1. The van der Waals surface area contributed by atoms with Crippen molar-refractivity contribution < 1.29 is 4.74 Å². The zero-order valence-corrected chi connectivity index (χ0v) is 13.1. The molecule has 0 spiro atoms. The summed E-state index contributed by atoms with van der Waals surface area (Å²) >= 11 is 3.58. The van der Waals surface area contributed by atoms with Crippen LogP contribution in [0.1, 0.15) is 24.4 Å². The Hall–Kier alpha value is -1.07. The van der Waals surface area contributed by atoms with E-state index < -0.39 is 0 Å². The molecule has 5 rings (SSSR count). The Labute approximate surface area is 127 Å². The molecule has 4 nitrogen and oxygen atoms in total. The number of ether oxygens (including phenoxy) is 1. The van der Waals surface area contributed by atoms with Gasteiger partial charge in [-0.05, 0) is 59.6 Å². The van der Waals surface area contributed by atoms with Crippen LogP contribution in [0.4, 0.5) is 0 Å². The standard InChI is InChI=1S/C15H18BrN3O/c1-20-12-3-2-10(8-11(12)16)14-15-13(17-18-14)9-4-6-19(15)7-5-9/h2-3,8-9,14-15,18H,4-7H2,1H3/t14-,15-/m1/s1. The van der Waals surface area contributed by atoms with E-state index in [-0.39, 0.29) is 6.04 Å². The van der Waals surface area contributed by atoms with E-state index in [0.717, 1.165) is 10.2 Å². The monoisotopic (exact) mass is 335 g/mol. The van der Waals surface area contributed by atoms with E-state index >= 15 is 0 Å². The van der Waals surface area contributed by atoms with E-state index in [1.807, 2.05) is 6.07 Å². The SMILES string of the molecule is COc1ccc([C@H]2NN=C3C4CCN(CC4)[C@H]32)cc1Br. The zero-order valence-electron chi connectivity index (χ0n) is 11.5. The third-order valence-electron chi connectivity index (χ3n) is 4.83. The summed E-state index contributed by atoms with van der Waals surface area (Å²) in [6, 6.07) is 7.04. The molecule has 20 heavy (non-hydrogen) atoms. The number of piperidine rings is 3. The predicted octanol–water partition coefficient (Wildman–Crippen LogP) is 2.55. The van der Waals surface area contributed by atoms with Gasteiger partial charge in [0.25, 0.3) is 0 Å². The largest absolute Gasteiger partial charge is 0.496 e. The number of hydrogen-bond acceptors (Lipinski definition) is 4. The van der Waals surface area contributed by atoms with Crippen molar-refractivity contribution in [3.05, 3.63) is 28.2 Å². The molecule has 2 bridgehead atoms. The van der Waals surface area contributed by atoms with Crippen molar-refractivity contribution >= 4 is 21.6 Å². The molecule has 0 unspecified atom stereocenters. The van der Waals surface area contributed by atoms with E-state index in [0.29, 0.717) is 12.0 Å². The molecule has 4 aliphatic heterocycles. The first-order valence-corrected chi connectivity index (χ1v) is 7.97. The van der Waals surface area contributed by atoms with E-state index in [1.165, 1.54) is 37.2 Å². The molecule has 2 atom stereocenters. The summed E-state index contributed by atoms with van der Waals surface area (Å²) in [4.78, 5) is 2.58. The van der Waals surface area contributed by atoms with Gasteiger partial charge in [0.1, 0.15) is 5.75 Å². The summed E-state index contributed by atoms with van der Waals surface area (Å²) in [5.41, 5.74) is 6.01. The van der Waals surface area contributed by atoms with Gasteiger partial charge in [0.2, 0.25) is 0 Å². The third kappa shape index (κ3) is 1.79. The summed E-state index contributed by atoms with van der Waals surface area (Å²) in [5, 5.41) is 4.65. The van der Waals surface area contributed by atoms with Crippen LogP contribution in [-0.2, 0) is 0 Å². The number of hydrogen-bond donors (Lipinski definition) is 1. The fraction of sp³-hybridized carbons (Fsp3) is 0.533. The van der Waals surface area contributed by atoms with Crippen LogP contribution in [0.5, 0.6) is 5.75 Å². The summed E-state index contributed by atoms with van der Waals surface area (Å²) in [5.74, 6) is 1.57. The second-order valence-electron chi connectivity index (χ2n) is 5.79. The summed E-state index contributed by atoms with van der Waals surface area (Å²) < 4.78 is 6.32. The number of methoxy groups -OCH3 is 1. The molecule has 0 aliphatic carbocycles. The first-order valence-electron chi connectivity index (χ1n) is 7.18. The minimum absolute atomic E-state index is 0.273. The molecule has 0 amide bonds. The van der Waals surface area contributed by atoms with E-state index in [2.05, 4.69) is 43.5 Å². The van der Waals surface area contributed by atoms with Crippen LogP contribution in [0, 0.1) is 5.92 Å². The number of benzene rings is 1. The van der Waals surface area contributed by atoms with Gasteiger partial charge in [-0.1, -0.05) is 6.07 Å². The Balaban J connectivity index is 1.66. The molecule has 4 heterocycles. The Bertz CT molecular complexity index is 566. The number of fused-ring (bicyclic) bond motifs is 2. The first kappa shape index (κ1) is 12.7. The normalized spacial score (nSPS) is 34.4. The highest BCUT2D eigenvalue weighted by Gasteiger charge is 2.46. The molecule has 1 N–H and O–H groups in total. The lowest BCUT2D eigenvalue weighted by molar-refractivity contribution is 0.133. The van der Waals surface area contributed by atoms with E-state index in [4.69, 9.17) is 4.74 Å². The average molecular weight is 336 g/mol. The van der Waals surface area contributed by atoms with Gasteiger partial charge in [0.15, 0.2) is 0 Å². The first-order chi connectivity index (χ1) is 9.78. The quantitative estimate of drug-likeness (QED) is 0.902. The van der Waals surface area contributed by atoms with Crippen molar-refractivity contribution in [3.63, 3.8) is 0 Å². The molecule has 4 aliphatic rings. The lowest BCUT2D eigenvalue weighted by atomic mass is 9.78. The van der Waals surface area contributed by atoms with Crippen molar-refractivity contribution in [1.29, 1.82) is 0 Å². The summed E-state index contributed by atoms with van der Waals surface area (Å²) in [7, 11) is 1.70. The lowest BCUT2D eigenvalue weighted by Crippen LogP contribution is -2.56. The fourth-order valence-corrected chi connectivity index (χ4v) is 4.35. The number of nitrogens with zero attached hydrogens (tertiary/aromatic N) is 2. The molecule has 1 aromatic carbocycles. The molecule has 0 radical (unpaired) electrons. The van der Waals surface area contributed by atoms with Crippen LogP contribution in [0.15, 0.2) is 27.8 Å². The maximum atomic E-state index is 5.31. The molecular formula is C15H18BrN3O. The number of halogens is 1. The van der Waals surface area contributed by atoms with Gasteiger partial charge in [-0.3, -0.25) is 4.90 Å². The Kier molecular flexibility index (Phi) is 3.00. The molecule has 0 aromatic heterocycles. The topological polar surface area (TPSA) is 36.9 Å². The van der Waals surface area contributed by atoms with Gasteiger partial charge in [-0.15, -0.1) is 0 Å². The Morgan fingerprint density at radius 1 is 1.35 bits per heavy atom. The van der Waals surface area contributed by atoms with Gasteiger partial charge in [-0.25, -0.2) is 0 Å². The molecule has 5 heteroatoms. The van der Waals surface area contributed by atoms with Gasteiger partial charge in [0.05, 0.1) is 29.4 Å². The highest BCUT2D eigenvalue weighted by Crippen LogP contribution is 2.40. The van der Waals surface area contributed by atoms with Crippen molar-refractivity contribution in [2.24, 2.45) is 11.0 Å². The fourth-order valence-electron chi connectivity index (χ4n) is 3.79. The lowest BCUT2D eigenvalue weighted by Gasteiger charge is -2.45. The third-order valence-corrected chi connectivity index (χ3v) is 5.45. The zero-order chi connectivity index (χ0) is 13.7. The highest BCUT2D eigenvalue weighted by atomic mass is 79.9. The predicted molar refractivity (Wildman–Crippen MR) is 82.1 cm³/mol. The molecule has 3 saturated heterocycles. The summed E-state index contributed by atoms with van der Waals surface area (Å²) in [6.45, 7) is 2.42. The van der Waals surface area contributed by atoms with Crippen LogP contribution in [0.3, 0.4) is 0 Å². The van der Waals surface area contributed by atoms with Crippen LogP contribution in [0.25, 0.3) is 0 Å². The van der Waals surface area contributed by atoms with Crippen LogP contribution < -0.4 is 10.2 Å². The molecule has 1 aromatic rings. The smallest absolute Gasteiger partial charge is 0.133 e. The molecule has 3 fully saturated rings. The van der Waals surface area contributed by atoms with Gasteiger partial charge in [0, 0.05) is 5.92 Å². The van der Waals surface area contributed by atoms with Crippen LogP contribution in [-0.4, -0.2) is 36.9 Å². The highest BCUT2D eigenvalue weighted by molar-refractivity contribution is 9.10. The molecule has 106 valence electrons. The van der Waals surface area contributed by atoms with Gasteiger partial charge in [-0.2, -0.15) is 5.10 Å². The number of nitrogens with one attached hydrogen (secondary N) is 1. The Morgan fingerprint density at radius 2 is 2.15 bits per heavy atom. The second kappa shape index (κ2) is 4.74. The molecular weight excluding hydrogens is 318 g/mol. The average Bonchev–Trinajstić information content (AvgIpc) is 2.95. The van der Waals surface area contributed by atoms with Crippen molar-refractivity contribution in [1.82, 2.24) is 10.3 Å².